The van der Waals surface area contributed by atoms with Crippen molar-refractivity contribution in [2.24, 2.45) is 0 Å². The molecule has 0 amide bonds. The zero-order chi connectivity index (χ0) is 9.84. The van der Waals surface area contributed by atoms with Crippen molar-refractivity contribution in [3.8, 4) is 0 Å². The first-order chi connectivity index (χ1) is 6.13. The Balaban J connectivity index is 2.83. The van der Waals surface area contributed by atoms with Gasteiger partial charge in [0.05, 0.1) is 24.9 Å². The summed E-state index contributed by atoms with van der Waals surface area (Å²) in [6.07, 6.45) is 1.70. The number of nitrogens with two attached hydrogens (primary N) is 1. The number of carbonyl (C=O) groups excluding carboxylic acids is 1. The monoisotopic (exact) mass is 244 g/mol. The van der Waals surface area contributed by atoms with E-state index in [4.69, 9.17) is 5.73 Å². The maximum atomic E-state index is 10.9. The molecule has 5 heteroatoms. The Kier molecular flexibility index (Phi) is 3.25. The zero-order valence-electron chi connectivity index (χ0n) is 7.08. The van der Waals surface area contributed by atoms with Gasteiger partial charge in [0.2, 0.25) is 0 Å². The second-order valence-electron chi connectivity index (χ2n) is 2.44. The van der Waals surface area contributed by atoms with Gasteiger partial charge in [0.25, 0.3) is 0 Å². The molecule has 1 aromatic heterocycles. The van der Waals surface area contributed by atoms with Crippen molar-refractivity contribution in [2.75, 3.05) is 12.8 Å². The molecular weight excluding hydrogens is 236 g/mol. The van der Waals surface area contributed by atoms with Crippen LogP contribution in [0.3, 0.4) is 0 Å². The quantitative estimate of drug-likeness (QED) is 0.793. The van der Waals surface area contributed by atoms with Crippen molar-refractivity contribution in [2.45, 2.75) is 6.42 Å². The van der Waals surface area contributed by atoms with Crippen LogP contribution in [-0.2, 0) is 16.0 Å². The molecule has 4 nitrogen and oxygen atoms in total. The molecule has 1 aromatic rings. The fourth-order valence-corrected chi connectivity index (χ4v) is 1.19. The molecule has 0 aliphatic rings. The molecule has 0 saturated heterocycles. The Morgan fingerprint density at radius 1 is 1.77 bits per heavy atom. The summed E-state index contributed by atoms with van der Waals surface area (Å²) in [4.78, 5) is 14.9. The average Bonchev–Trinajstić information content (AvgIpc) is 2.09. The number of anilines is 1. The van der Waals surface area contributed by atoms with Gasteiger partial charge < -0.3 is 10.5 Å². The summed E-state index contributed by atoms with van der Waals surface area (Å²) in [5.41, 5.74) is 6.65. The summed E-state index contributed by atoms with van der Waals surface area (Å²) >= 11 is 3.22. The molecule has 0 aliphatic carbocycles. The molecule has 0 spiro atoms. The first kappa shape index (κ1) is 9.98. The predicted octanol–water partition coefficient (Wildman–Crippen LogP) is 1.14. The summed E-state index contributed by atoms with van der Waals surface area (Å²) in [5.74, 6) is -0.346. The molecule has 0 fully saturated rings. The number of aromatic nitrogens is 1. The van der Waals surface area contributed by atoms with Gasteiger partial charge in [-0.3, -0.25) is 9.78 Å². The van der Waals surface area contributed by atoms with E-state index in [0.29, 0.717) is 11.4 Å². The first-order valence-electron chi connectivity index (χ1n) is 3.60. The van der Waals surface area contributed by atoms with Crippen molar-refractivity contribution in [1.82, 2.24) is 4.98 Å². The van der Waals surface area contributed by atoms with Crippen LogP contribution in [-0.4, -0.2) is 18.1 Å². The number of pyridine rings is 1. The maximum Gasteiger partial charge on any atom is 0.311 e. The number of esters is 1. The predicted molar refractivity (Wildman–Crippen MR) is 52.1 cm³/mol. The number of nitrogens with zero attached hydrogens (tertiary/aromatic N) is 1. The Morgan fingerprint density at radius 3 is 3.00 bits per heavy atom. The number of methoxy groups -OCH3 is 1. The lowest BCUT2D eigenvalue weighted by Crippen LogP contribution is -2.08. The van der Waals surface area contributed by atoms with Crippen LogP contribution in [0.15, 0.2) is 16.7 Å². The molecule has 2 N–H and O–H groups in total. The molecule has 13 heavy (non-hydrogen) atoms. The Hall–Kier alpha value is -1.10. The highest BCUT2D eigenvalue weighted by Gasteiger charge is 2.07. The number of hydrogen-bond donors (Lipinski definition) is 1. The van der Waals surface area contributed by atoms with Crippen LogP contribution in [0.25, 0.3) is 0 Å². The zero-order valence-corrected chi connectivity index (χ0v) is 8.67. The highest BCUT2D eigenvalue weighted by atomic mass is 79.9. The van der Waals surface area contributed by atoms with Gasteiger partial charge in [-0.05, 0) is 22.0 Å². The summed E-state index contributed by atoms with van der Waals surface area (Å²) < 4.78 is 5.28. The SMILES string of the molecule is COC(=O)Cc1ncc(Br)cc1N. The van der Waals surface area contributed by atoms with E-state index >= 15 is 0 Å². The largest absolute Gasteiger partial charge is 0.469 e. The number of rotatable bonds is 2. The number of ether oxygens (including phenoxy) is 1. The van der Waals surface area contributed by atoms with Gasteiger partial charge in [0, 0.05) is 10.7 Å². The molecule has 1 rings (SSSR count). The lowest BCUT2D eigenvalue weighted by atomic mass is 10.2. The normalized spacial score (nSPS) is 9.69. The van der Waals surface area contributed by atoms with Crippen LogP contribution >= 0.6 is 15.9 Å². The third kappa shape index (κ3) is 2.69. The van der Waals surface area contributed by atoms with Gasteiger partial charge >= 0.3 is 5.97 Å². The molecule has 0 saturated carbocycles. The van der Waals surface area contributed by atoms with Crippen molar-refractivity contribution in [3.05, 3.63) is 22.4 Å². The van der Waals surface area contributed by atoms with Crippen LogP contribution in [0.5, 0.6) is 0 Å². The number of hydrogen-bond acceptors (Lipinski definition) is 4. The molecule has 0 atom stereocenters. The fraction of sp³-hybridized carbons (Fsp3) is 0.250. The Labute approximate surface area is 84.2 Å². The molecule has 0 radical (unpaired) electrons. The molecule has 0 aromatic carbocycles. The van der Waals surface area contributed by atoms with Crippen LogP contribution in [0.1, 0.15) is 5.69 Å². The number of nitrogen functional groups attached to an aromatic ring is 1. The van der Waals surface area contributed by atoms with E-state index in [-0.39, 0.29) is 12.4 Å². The fourth-order valence-electron chi connectivity index (χ4n) is 0.840. The van der Waals surface area contributed by atoms with E-state index in [0.717, 1.165) is 4.47 Å². The average molecular weight is 245 g/mol. The van der Waals surface area contributed by atoms with Crippen molar-refractivity contribution in [3.63, 3.8) is 0 Å². The Morgan fingerprint density at radius 2 is 2.46 bits per heavy atom. The van der Waals surface area contributed by atoms with E-state index < -0.39 is 0 Å². The minimum atomic E-state index is -0.346. The summed E-state index contributed by atoms with van der Waals surface area (Å²) in [6, 6.07) is 1.70. The van der Waals surface area contributed by atoms with Crippen LogP contribution in [0, 0.1) is 0 Å². The summed E-state index contributed by atoms with van der Waals surface area (Å²) in [7, 11) is 1.33. The van der Waals surface area contributed by atoms with Gasteiger partial charge in [-0.15, -0.1) is 0 Å². The standard InChI is InChI=1S/C8H9BrN2O2/c1-13-8(12)3-7-6(10)2-5(9)4-11-7/h2,4H,3,10H2,1H3. The highest BCUT2D eigenvalue weighted by Crippen LogP contribution is 2.16. The van der Waals surface area contributed by atoms with E-state index in [1.807, 2.05) is 0 Å². The van der Waals surface area contributed by atoms with Gasteiger partial charge in [-0.1, -0.05) is 0 Å². The molecule has 0 unspecified atom stereocenters. The summed E-state index contributed by atoms with van der Waals surface area (Å²) in [5, 5.41) is 0. The van der Waals surface area contributed by atoms with E-state index in [9.17, 15) is 4.79 Å². The van der Waals surface area contributed by atoms with Gasteiger partial charge in [-0.2, -0.15) is 0 Å². The van der Waals surface area contributed by atoms with Crippen LogP contribution in [0.2, 0.25) is 0 Å². The van der Waals surface area contributed by atoms with Gasteiger partial charge in [0.15, 0.2) is 0 Å². The molecular formula is C8H9BrN2O2. The van der Waals surface area contributed by atoms with E-state index in [1.165, 1.54) is 7.11 Å². The van der Waals surface area contributed by atoms with Crippen molar-refractivity contribution < 1.29 is 9.53 Å². The van der Waals surface area contributed by atoms with Crippen molar-refractivity contribution in [1.29, 1.82) is 0 Å². The second-order valence-corrected chi connectivity index (χ2v) is 3.36. The Bertz CT molecular complexity index is 328. The smallest absolute Gasteiger partial charge is 0.311 e. The van der Waals surface area contributed by atoms with Crippen LogP contribution < -0.4 is 5.73 Å². The van der Waals surface area contributed by atoms with Gasteiger partial charge in [-0.25, -0.2) is 0 Å². The minimum absolute atomic E-state index is 0.107. The molecule has 1 heterocycles. The number of carbonyl (C=O) groups is 1. The highest BCUT2D eigenvalue weighted by molar-refractivity contribution is 9.10. The second kappa shape index (κ2) is 4.23. The topological polar surface area (TPSA) is 65.2 Å². The molecule has 0 aliphatic heterocycles. The van der Waals surface area contributed by atoms with E-state index in [1.54, 1.807) is 12.3 Å². The summed E-state index contributed by atoms with van der Waals surface area (Å²) in [6.45, 7) is 0. The van der Waals surface area contributed by atoms with Crippen LogP contribution in [0.4, 0.5) is 5.69 Å². The molecule has 70 valence electrons. The minimum Gasteiger partial charge on any atom is -0.469 e. The van der Waals surface area contributed by atoms with E-state index in [2.05, 4.69) is 25.7 Å². The maximum absolute atomic E-state index is 10.9. The number of halogens is 1. The van der Waals surface area contributed by atoms with Crippen molar-refractivity contribution >= 4 is 27.6 Å². The van der Waals surface area contributed by atoms with Gasteiger partial charge in [0.1, 0.15) is 0 Å². The third-order valence-electron chi connectivity index (χ3n) is 1.51. The third-order valence-corrected chi connectivity index (χ3v) is 1.94. The first-order valence-corrected chi connectivity index (χ1v) is 4.39. The lowest BCUT2D eigenvalue weighted by molar-refractivity contribution is -0.139. The molecule has 0 bridgehead atoms. The lowest BCUT2D eigenvalue weighted by Gasteiger charge is -2.03.